The summed E-state index contributed by atoms with van der Waals surface area (Å²) in [6.07, 6.45) is 1.43. The molecule has 0 amide bonds. The molecule has 3 aromatic rings. The van der Waals surface area contributed by atoms with Crippen LogP contribution >= 0.6 is 23.2 Å². The monoisotopic (exact) mass is 430 g/mol. The van der Waals surface area contributed by atoms with Crippen molar-refractivity contribution in [3.63, 3.8) is 0 Å². The van der Waals surface area contributed by atoms with E-state index < -0.39 is 11.1 Å². The molecule has 0 aliphatic rings. The van der Waals surface area contributed by atoms with Gasteiger partial charge in [-0.15, -0.1) is 0 Å². The second-order valence-corrected chi connectivity index (χ2v) is 8.35. The van der Waals surface area contributed by atoms with Crippen LogP contribution in [0.1, 0.15) is 42.3 Å². The molecule has 0 aliphatic carbocycles. The Balaban J connectivity index is 1.78. The first-order chi connectivity index (χ1) is 13.7. The van der Waals surface area contributed by atoms with E-state index in [0.29, 0.717) is 16.1 Å². The van der Waals surface area contributed by atoms with Crippen LogP contribution in [0.15, 0.2) is 59.5 Å². The molecule has 1 heterocycles. The number of ether oxygens (including phenoxy) is 1. The number of hydrogen-bond donors (Lipinski definition) is 0. The summed E-state index contributed by atoms with van der Waals surface area (Å²) in [5.74, 6) is 0.0857. The van der Waals surface area contributed by atoms with Gasteiger partial charge >= 0.3 is 0 Å². The van der Waals surface area contributed by atoms with Gasteiger partial charge in [-0.3, -0.25) is 9.59 Å². The van der Waals surface area contributed by atoms with E-state index in [1.165, 1.54) is 10.9 Å². The highest BCUT2D eigenvalue weighted by Gasteiger charge is 2.20. The molecule has 0 unspecified atom stereocenters. The first kappa shape index (κ1) is 21.1. The SMILES string of the molecule is CC(C)(C)n1ncc(OCc2cccc(C(=O)c3ccc(Cl)cc3)c2)c(Cl)c1=O. The van der Waals surface area contributed by atoms with E-state index in [9.17, 15) is 9.59 Å². The van der Waals surface area contributed by atoms with E-state index in [-0.39, 0.29) is 23.2 Å². The van der Waals surface area contributed by atoms with Gasteiger partial charge in [-0.1, -0.05) is 41.4 Å². The Morgan fingerprint density at radius 2 is 1.76 bits per heavy atom. The van der Waals surface area contributed by atoms with E-state index in [4.69, 9.17) is 27.9 Å². The van der Waals surface area contributed by atoms with Gasteiger partial charge in [-0.05, 0) is 56.7 Å². The van der Waals surface area contributed by atoms with E-state index in [1.54, 1.807) is 42.5 Å². The molecule has 150 valence electrons. The normalized spacial score (nSPS) is 11.3. The van der Waals surface area contributed by atoms with Gasteiger partial charge in [0, 0.05) is 16.1 Å². The van der Waals surface area contributed by atoms with Crippen molar-refractivity contribution in [2.75, 3.05) is 0 Å². The summed E-state index contributed by atoms with van der Waals surface area (Å²) in [7, 11) is 0. The third-order valence-corrected chi connectivity index (χ3v) is 4.81. The number of benzene rings is 2. The molecule has 1 aromatic heterocycles. The van der Waals surface area contributed by atoms with Crippen LogP contribution < -0.4 is 10.3 Å². The molecular weight excluding hydrogens is 411 g/mol. The molecule has 0 fully saturated rings. The largest absolute Gasteiger partial charge is 0.485 e. The average molecular weight is 431 g/mol. The van der Waals surface area contributed by atoms with Crippen molar-refractivity contribution in [1.82, 2.24) is 9.78 Å². The van der Waals surface area contributed by atoms with Crippen molar-refractivity contribution in [3.8, 4) is 5.75 Å². The molecule has 0 saturated carbocycles. The van der Waals surface area contributed by atoms with Crippen LogP contribution in [0.25, 0.3) is 0 Å². The predicted octanol–water partition coefficient (Wildman–Crippen LogP) is 5.12. The van der Waals surface area contributed by atoms with Crippen molar-refractivity contribution >= 4 is 29.0 Å². The van der Waals surface area contributed by atoms with Gasteiger partial charge in [0.15, 0.2) is 16.6 Å². The van der Waals surface area contributed by atoms with Crippen molar-refractivity contribution in [1.29, 1.82) is 0 Å². The molecule has 5 nitrogen and oxygen atoms in total. The molecule has 29 heavy (non-hydrogen) atoms. The highest BCUT2D eigenvalue weighted by molar-refractivity contribution is 6.31. The molecule has 7 heteroatoms. The molecule has 0 aliphatic heterocycles. The van der Waals surface area contributed by atoms with Gasteiger partial charge in [0.25, 0.3) is 5.56 Å². The summed E-state index contributed by atoms with van der Waals surface area (Å²) in [5, 5.41) is 4.69. The second kappa shape index (κ2) is 8.39. The van der Waals surface area contributed by atoms with Crippen LogP contribution in [0.2, 0.25) is 10.0 Å². The zero-order valence-electron chi connectivity index (χ0n) is 16.3. The zero-order chi connectivity index (χ0) is 21.2. The Morgan fingerprint density at radius 3 is 2.41 bits per heavy atom. The Hall–Kier alpha value is -2.63. The molecule has 2 aromatic carbocycles. The molecule has 0 atom stereocenters. The van der Waals surface area contributed by atoms with Gasteiger partial charge in [0.1, 0.15) is 6.61 Å². The fourth-order valence-electron chi connectivity index (χ4n) is 2.73. The lowest BCUT2D eigenvalue weighted by Gasteiger charge is -2.21. The molecule has 3 rings (SSSR count). The first-order valence-corrected chi connectivity index (χ1v) is 9.73. The van der Waals surface area contributed by atoms with E-state index in [0.717, 1.165) is 5.56 Å². The minimum atomic E-state index is -0.490. The Kier molecular flexibility index (Phi) is 6.10. The van der Waals surface area contributed by atoms with E-state index in [1.807, 2.05) is 26.8 Å². The van der Waals surface area contributed by atoms with E-state index in [2.05, 4.69) is 5.10 Å². The fraction of sp³-hybridized carbons (Fsp3) is 0.227. The predicted molar refractivity (Wildman–Crippen MR) is 114 cm³/mol. The van der Waals surface area contributed by atoms with Crippen molar-refractivity contribution in [2.45, 2.75) is 32.9 Å². The van der Waals surface area contributed by atoms with Gasteiger partial charge in [-0.2, -0.15) is 5.10 Å². The number of carbonyl (C=O) groups excluding carboxylic acids is 1. The Bertz CT molecular complexity index is 1100. The lowest BCUT2D eigenvalue weighted by molar-refractivity contribution is 0.103. The maximum Gasteiger partial charge on any atom is 0.289 e. The molecule has 0 radical (unpaired) electrons. The average Bonchev–Trinajstić information content (AvgIpc) is 2.68. The van der Waals surface area contributed by atoms with Crippen LogP contribution in [0.5, 0.6) is 5.75 Å². The molecule has 0 saturated heterocycles. The lowest BCUT2D eigenvalue weighted by Crippen LogP contribution is -2.36. The molecular formula is C22H20Cl2N2O3. The topological polar surface area (TPSA) is 61.2 Å². The third kappa shape index (κ3) is 4.86. The maximum atomic E-state index is 12.7. The van der Waals surface area contributed by atoms with Crippen molar-refractivity contribution < 1.29 is 9.53 Å². The van der Waals surface area contributed by atoms with E-state index >= 15 is 0 Å². The minimum absolute atomic E-state index is 0.0247. The highest BCUT2D eigenvalue weighted by Crippen LogP contribution is 2.22. The zero-order valence-corrected chi connectivity index (χ0v) is 17.8. The van der Waals surface area contributed by atoms with Crippen LogP contribution in [0.3, 0.4) is 0 Å². The molecule has 0 N–H and O–H groups in total. The van der Waals surface area contributed by atoms with Gasteiger partial charge in [-0.25, -0.2) is 4.68 Å². The smallest absolute Gasteiger partial charge is 0.289 e. The molecule has 0 bridgehead atoms. The number of nitrogens with zero attached hydrogens (tertiary/aromatic N) is 2. The summed E-state index contributed by atoms with van der Waals surface area (Å²) < 4.78 is 7.00. The summed E-state index contributed by atoms with van der Waals surface area (Å²) in [6.45, 7) is 5.73. The van der Waals surface area contributed by atoms with Crippen LogP contribution in [-0.4, -0.2) is 15.6 Å². The van der Waals surface area contributed by atoms with Crippen LogP contribution in [0, 0.1) is 0 Å². The van der Waals surface area contributed by atoms with Gasteiger partial charge in [0.2, 0.25) is 0 Å². The van der Waals surface area contributed by atoms with Crippen molar-refractivity contribution in [3.05, 3.63) is 91.8 Å². The van der Waals surface area contributed by atoms with Gasteiger partial charge in [0.05, 0.1) is 11.7 Å². The maximum absolute atomic E-state index is 12.7. The minimum Gasteiger partial charge on any atom is -0.485 e. The summed E-state index contributed by atoms with van der Waals surface area (Å²) in [6, 6.07) is 13.8. The Morgan fingerprint density at radius 1 is 1.07 bits per heavy atom. The standard InChI is InChI=1S/C22H20Cl2N2O3/c1-22(2,3)26-21(28)19(24)18(12-25-26)29-13-14-5-4-6-16(11-14)20(27)15-7-9-17(23)10-8-15/h4-12H,13H2,1-3H3. The quantitative estimate of drug-likeness (QED) is 0.527. The van der Waals surface area contributed by atoms with Crippen LogP contribution in [-0.2, 0) is 12.1 Å². The third-order valence-electron chi connectivity index (χ3n) is 4.21. The Labute approximate surface area is 178 Å². The fourth-order valence-corrected chi connectivity index (χ4v) is 3.04. The number of rotatable bonds is 5. The van der Waals surface area contributed by atoms with Crippen molar-refractivity contribution in [2.24, 2.45) is 0 Å². The lowest BCUT2D eigenvalue weighted by atomic mass is 10.0. The van der Waals surface area contributed by atoms with Crippen LogP contribution in [0.4, 0.5) is 0 Å². The number of carbonyl (C=O) groups is 1. The highest BCUT2D eigenvalue weighted by atomic mass is 35.5. The second-order valence-electron chi connectivity index (χ2n) is 7.54. The number of aromatic nitrogens is 2. The summed E-state index contributed by atoms with van der Waals surface area (Å²) in [4.78, 5) is 25.1. The number of hydrogen-bond acceptors (Lipinski definition) is 4. The first-order valence-electron chi connectivity index (χ1n) is 8.97. The number of ketones is 1. The number of halogens is 2. The van der Waals surface area contributed by atoms with Gasteiger partial charge < -0.3 is 4.74 Å². The molecule has 0 spiro atoms. The summed E-state index contributed by atoms with van der Waals surface area (Å²) in [5.41, 5.74) is 0.936. The summed E-state index contributed by atoms with van der Waals surface area (Å²) >= 11 is 12.1.